The summed E-state index contributed by atoms with van der Waals surface area (Å²) in [5.41, 5.74) is 0. The maximum Gasteiger partial charge on any atom is 0.305 e. The average molecular weight is 320 g/mol. The predicted molar refractivity (Wildman–Crippen MR) is 58.6 cm³/mol. The Morgan fingerprint density at radius 3 is 2.50 bits per heavy atom. The van der Waals surface area contributed by atoms with Gasteiger partial charge in [-0.15, -0.1) is 0 Å². The van der Waals surface area contributed by atoms with E-state index in [-0.39, 0.29) is 12.6 Å². The molecule has 0 aliphatic carbocycles. The van der Waals surface area contributed by atoms with Gasteiger partial charge >= 0.3 is 5.97 Å². The summed E-state index contributed by atoms with van der Waals surface area (Å²) in [6.07, 6.45) is 0.630. The fourth-order valence-electron chi connectivity index (χ4n) is 0.759. The first-order valence-electron chi connectivity index (χ1n) is 4.53. The van der Waals surface area contributed by atoms with E-state index >= 15 is 0 Å². The fraction of sp³-hybridized carbons (Fsp3) is 0.889. The monoisotopic (exact) mass is 320 g/mol. The van der Waals surface area contributed by atoms with Crippen molar-refractivity contribution >= 4 is 28.6 Å². The van der Waals surface area contributed by atoms with Crippen molar-refractivity contribution in [1.82, 2.24) is 0 Å². The second-order valence-electron chi connectivity index (χ2n) is 3.52. The van der Waals surface area contributed by atoms with E-state index in [1.54, 1.807) is 0 Å². The molecule has 0 aliphatic heterocycles. The van der Waals surface area contributed by atoms with Gasteiger partial charge in [-0.3, -0.25) is 4.79 Å². The molecule has 2 nitrogen and oxygen atoms in total. The molecule has 0 unspecified atom stereocenters. The Morgan fingerprint density at radius 1 is 1.50 bits per heavy atom. The summed E-state index contributed by atoms with van der Waals surface area (Å²) in [6, 6.07) is 0. The zero-order valence-electron chi connectivity index (χ0n) is 8.36. The third-order valence-corrected chi connectivity index (χ3v) is 2.11. The van der Waals surface area contributed by atoms with Crippen LogP contribution < -0.4 is 0 Å². The molecule has 0 spiro atoms. The molecule has 0 rings (SSSR count). The van der Waals surface area contributed by atoms with Gasteiger partial charge in [0.15, 0.2) is 0 Å². The van der Waals surface area contributed by atoms with E-state index < -0.39 is 10.4 Å². The summed E-state index contributed by atoms with van der Waals surface area (Å²) in [5.74, 6) is 0.0351. The molecule has 0 aromatic heterocycles. The molecule has 0 heterocycles. The van der Waals surface area contributed by atoms with E-state index in [1.165, 1.54) is 0 Å². The first kappa shape index (κ1) is 14.1. The minimum absolute atomic E-state index is 0.202. The number of carbonyl (C=O) groups is 1. The lowest BCUT2D eigenvalue weighted by Crippen LogP contribution is -2.13. The molecule has 0 fully saturated rings. The molecular formula is C9H15F2IO2. The first-order chi connectivity index (χ1) is 6.31. The molecule has 5 heteroatoms. The number of rotatable bonds is 6. The maximum atomic E-state index is 12.3. The van der Waals surface area contributed by atoms with Crippen molar-refractivity contribution in [1.29, 1.82) is 0 Å². The topological polar surface area (TPSA) is 26.3 Å². The summed E-state index contributed by atoms with van der Waals surface area (Å²) >= 11 is 1.03. The van der Waals surface area contributed by atoms with Gasteiger partial charge in [-0.05, 0) is 34.9 Å². The van der Waals surface area contributed by atoms with E-state index in [9.17, 15) is 13.6 Å². The molecule has 0 saturated carbocycles. The van der Waals surface area contributed by atoms with Crippen LogP contribution in [0.4, 0.5) is 8.78 Å². The largest absolute Gasteiger partial charge is 0.465 e. The standard InChI is InChI=1S/C9H15F2IO2/c1-7(2)3-4-8(13)14-6-5-9(10,11)12/h7H,3-6H2,1-2H3. The zero-order chi connectivity index (χ0) is 11.2. The fourth-order valence-corrected chi connectivity index (χ4v) is 0.979. The van der Waals surface area contributed by atoms with Crippen LogP contribution in [0, 0.1) is 5.92 Å². The Bertz CT molecular complexity index is 178. The molecule has 84 valence electrons. The van der Waals surface area contributed by atoms with Gasteiger partial charge in [0.05, 0.1) is 13.0 Å². The lowest BCUT2D eigenvalue weighted by molar-refractivity contribution is -0.144. The summed E-state index contributed by atoms with van der Waals surface area (Å²) < 4.78 is 26.4. The molecule has 0 amide bonds. The van der Waals surface area contributed by atoms with Crippen molar-refractivity contribution in [3.05, 3.63) is 0 Å². The van der Waals surface area contributed by atoms with Crippen molar-refractivity contribution in [2.24, 2.45) is 5.92 Å². The SMILES string of the molecule is CC(C)CCC(=O)OCCC(F)(F)I. The zero-order valence-corrected chi connectivity index (χ0v) is 10.5. The van der Waals surface area contributed by atoms with E-state index in [2.05, 4.69) is 4.74 Å². The number of esters is 1. The first-order valence-corrected chi connectivity index (χ1v) is 5.61. The van der Waals surface area contributed by atoms with Crippen LogP contribution in [-0.4, -0.2) is 16.5 Å². The van der Waals surface area contributed by atoms with Crippen molar-refractivity contribution in [3.8, 4) is 0 Å². The van der Waals surface area contributed by atoms with Crippen LogP contribution in [0.5, 0.6) is 0 Å². The third kappa shape index (κ3) is 10.1. The van der Waals surface area contributed by atoms with Crippen LogP contribution in [0.25, 0.3) is 0 Å². The highest BCUT2D eigenvalue weighted by atomic mass is 127. The number of carbonyl (C=O) groups excluding carboxylic acids is 1. The van der Waals surface area contributed by atoms with Crippen molar-refractivity contribution < 1.29 is 18.3 Å². The van der Waals surface area contributed by atoms with E-state index in [0.29, 0.717) is 12.3 Å². The van der Waals surface area contributed by atoms with Gasteiger partial charge in [0.25, 0.3) is 3.93 Å². The van der Waals surface area contributed by atoms with Crippen molar-refractivity contribution in [2.45, 2.75) is 37.0 Å². The van der Waals surface area contributed by atoms with Gasteiger partial charge in [-0.25, -0.2) is 0 Å². The second kappa shape index (κ2) is 6.53. The van der Waals surface area contributed by atoms with E-state index in [4.69, 9.17) is 0 Å². The minimum atomic E-state index is -2.78. The third-order valence-electron chi connectivity index (χ3n) is 1.57. The van der Waals surface area contributed by atoms with Crippen LogP contribution in [0.15, 0.2) is 0 Å². The highest BCUT2D eigenvalue weighted by Gasteiger charge is 2.23. The van der Waals surface area contributed by atoms with Crippen LogP contribution in [-0.2, 0) is 9.53 Å². The van der Waals surface area contributed by atoms with Crippen LogP contribution >= 0.6 is 22.6 Å². The average Bonchev–Trinajstić information content (AvgIpc) is 1.98. The molecule has 0 saturated heterocycles. The van der Waals surface area contributed by atoms with Gasteiger partial charge in [0.2, 0.25) is 0 Å². The summed E-state index contributed by atoms with van der Waals surface area (Å²) in [5, 5.41) is 0. The van der Waals surface area contributed by atoms with Crippen molar-refractivity contribution in [3.63, 3.8) is 0 Å². The highest BCUT2D eigenvalue weighted by molar-refractivity contribution is 14.1. The summed E-state index contributed by atoms with van der Waals surface area (Å²) in [6.45, 7) is 3.78. The number of ether oxygens (including phenoxy) is 1. The Morgan fingerprint density at radius 2 is 2.07 bits per heavy atom. The lowest BCUT2D eigenvalue weighted by atomic mass is 10.1. The molecule has 0 bridgehead atoms. The van der Waals surface area contributed by atoms with Gasteiger partial charge in [-0.2, -0.15) is 8.78 Å². The Labute approximate surface area is 96.5 Å². The van der Waals surface area contributed by atoms with E-state index in [0.717, 1.165) is 29.0 Å². The summed E-state index contributed by atoms with van der Waals surface area (Å²) in [4.78, 5) is 11.0. The molecule has 0 aromatic rings. The predicted octanol–water partition coefficient (Wildman–Crippen LogP) is 3.38. The minimum Gasteiger partial charge on any atom is -0.465 e. The molecule has 14 heavy (non-hydrogen) atoms. The number of alkyl halides is 3. The van der Waals surface area contributed by atoms with Gasteiger partial charge in [-0.1, -0.05) is 13.8 Å². The quantitative estimate of drug-likeness (QED) is 0.426. The molecule has 0 aliphatic rings. The lowest BCUT2D eigenvalue weighted by Gasteiger charge is -2.09. The second-order valence-corrected chi connectivity index (χ2v) is 5.10. The number of halogens is 3. The van der Waals surface area contributed by atoms with E-state index in [1.807, 2.05) is 13.8 Å². The normalized spacial score (nSPS) is 11.9. The Balaban J connectivity index is 3.46. The van der Waals surface area contributed by atoms with Gasteiger partial charge < -0.3 is 4.74 Å². The van der Waals surface area contributed by atoms with Gasteiger partial charge in [0, 0.05) is 6.42 Å². The van der Waals surface area contributed by atoms with Gasteiger partial charge in [0.1, 0.15) is 0 Å². The summed E-state index contributed by atoms with van der Waals surface area (Å²) in [7, 11) is 0. The van der Waals surface area contributed by atoms with Crippen LogP contribution in [0.2, 0.25) is 0 Å². The van der Waals surface area contributed by atoms with Crippen LogP contribution in [0.3, 0.4) is 0 Å². The highest BCUT2D eigenvalue weighted by Crippen LogP contribution is 2.26. The van der Waals surface area contributed by atoms with Crippen LogP contribution in [0.1, 0.15) is 33.1 Å². The Kier molecular flexibility index (Phi) is 6.55. The molecule has 0 aromatic carbocycles. The molecular weight excluding hydrogens is 305 g/mol. The smallest absolute Gasteiger partial charge is 0.305 e. The molecule has 0 radical (unpaired) electrons. The molecule has 0 N–H and O–H groups in total. The van der Waals surface area contributed by atoms with Crippen molar-refractivity contribution in [2.75, 3.05) is 6.61 Å². The Hall–Kier alpha value is 0.0600. The number of hydrogen-bond donors (Lipinski definition) is 0. The molecule has 0 atom stereocenters. The number of hydrogen-bond acceptors (Lipinski definition) is 2. The maximum absolute atomic E-state index is 12.3.